The molecular weight excluding hydrogens is 408 g/mol. The van der Waals surface area contributed by atoms with Gasteiger partial charge in [-0.05, 0) is 36.4 Å². The number of fused-ring (bicyclic) bond motifs is 1. The number of nitrogens with one attached hydrogen (secondary N) is 1. The second kappa shape index (κ2) is 8.27. The van der Waals surface area contributed by atoms with Crippen LogP contribution in [0.5, 0.6) is 0 Å². The number of hydrogen-bond donors (Lipinski definition) is 1. The van der Waals surface area contributed by atoms with E-state index in [4.69, 9.17) is 4.74 Å². The highest BCUT2D eigenvalue weighted by molar-refractivity contribution is 5.96. The van der Waals surface area contributed by atoms with Gasteiger partial charge in [0.05, 0.1) is 29.3 Å². The number of ether oxygens (including phenoxy) is 1. The van der Waals surface area contributed by atoms with Crippen molar-refractivity contribution in [2.75, 3.05) is 36.5 Å². The molecule has 0 aliphatic carbocycles. The summed E-state index contributed by atoms with van der Waals surface area (Å²) in [5.41, 5.74) is 4.54. The minimum absolute atomic E-state index is 0.0656. The molecule has 1 fully saturated rings. The molecule has 5 rings (SSSR count). The molecule has 0 spiro atoms. The van der Waals surface area contributed by atoms with Gasteiger partial charge in [-0.1, -0.05) is 0 Å². The van der Waals surface area contributed by atoms with Crippen molar-refractivity contribution in [3.63, 3.8) is 0 Å². The van der Waals surface area contributed by atoms with E-state index in [1.165, 1.54) is 11.8 Å². The lowest BCUT2D eigenvalue weighted by molar-refractivity contribution is -0.384. The Morgan fingerprint density at radius 2 is 1.88 bits per heavy atom. The fourth-order valence-corrected chi connectivity index (χ4v) is 3.97. The monoisotopic (exact) mass is 430 g/mol. The van der Waals surface area contributed by atoms with Crippen molar-refractivity contribution in [2.24, 2.45) is 7.05 Å². The van der Waals surface area contributed by atoms with Crippen molar-refractivity contribution >= 4 is 33.9 Å². The Morgan fingerprint density at radius 3 is 2.62 bits per heavy atom. The van der Waals surface area contributed by atoms with Crippen molar-refractivity contribution < 1.29 is 9.66 Å². The molecule has 162 valence electrons. The summed E-state index contributed by atoms with van der Waals surface area (Å²) in [6, 6.07) is 14.9. The summed E-state index contributed by atoms with van der Waals surface area (Å²) >= 11 is 0. The van der Waals surface area contributed by atoms with Crippen LogP contribution in [0.4, 0.5) is 23.0 Å². The first-order valence-electron chi connectivity index (χ1n) is 10.4. The molecule has 2 aromatic heterocycles. The standard InChI is InChI=1S/C23H22N6O3/c1-27-15-20(19-7-6-18(29(30)31)14-22(19)27)21-8-9-24-23(26-21)25-16-2-4-17(5-3-16)28-10-12-32-13-11-28/h2-9,14-15H,10-13H2,1H3,(H,24,25,26). The maximum Gasteiger partial charge on any atom is 0.271 e. The van der Waals surface area contributed by atoms with Gasteiger partial charge in [-0.15, -0.1) is 0 Å². The fourth-order valence-electron chi connectivity index (χ4n) is 3.97. The molecule has 32 heavy (non-hydrogen) atoms. The molecule has 9 nitrogen and oxygen atoms in total. The lowest BCUT2D eigenvalue weighted by Gasteiger charge is -2.28. The second-order valence-electron chi connectivity index (χ2n) is 7.65. The summed E-state index contributed by atoms with van der Waals surface area (Å²) in [6.45, 7) is 3.29. The van der Waals surface area contributed by atoms with Crippen LogP contribution in [0.1, 0.15) is 0 Å². The minimum Gasteiger partial charge on any atom is -0.378 e. The van der Waals surface area contributed by atoms with Crippen LogP contribution in [0.25, 0.3) is 22.2 Å². The quantitative estimate of drug-likeness (QED) is 0.376. The molecule has 0 amide bonds. The van der Waals surface area contributed by atoms with Gasteiger partial charge >= 0.3 is 0 Å². The molecule has 1 N–H and O–H groups in total. The molecular formula is C23H22N6O3. The third-order valence-corrected chi connectivity index (χ3v) is 5.62. The molecule has 2 aromatic carbocycles. The highest BCUT2D eigenvalue weighted by Crippen LogP contribution is 2.32. The first-order chi connectivity index (χ1) is 15.6. The van der Waals surface area contributed by atoms with Gasteiger partial charge < -0.3 is 19.5 Å². The van der Waals surface area contributed by atoms with E-state index in [1.54, 1.807) is 18.3 Å². The lowest BCUT2D eigenvalue weighted by atomic mass is 10.1. The number of hydrogen-bond acceptors (Lipinski definition) is 7. The number of aryl methyl sites for hydroxylation is 1. The number of anilines is 3. The summed E-state index contributed by atoms with van der Waals surface area (Å²) in [4.78, 5) is 22.1. The normalized spacial score (nSPS) is 14.0. The van der Waals surface area contributed by atoms with Crippen molar-refractivity contribution in [1.82, 2.24) is 14.5 Å². The van der Waals surface area contributed by atoms with E-state index in [0.29, 0.717) is 5.95 Å². The third-order valence-electron chi connectivity index (χ3n) is 5.62. The Balaban J connectivity index is 1.40. The Morgan fingerprint density at radius 1 is 1.09 bits per heavy atom. The first kappa shape index (κ1) is 20.0. The zero-order valence-corrected chi connectivity index (χ0v) is 17.6. The highest BCUT2D eigenvalue weighted by atomic mass is 16.6. The van der Waals surface area contributed by atoms with E-state index in [1.807, 2.05) is 36.0 Å². The van der Waals surface area contributed by atoms with Crippen molar-refractivity contribution in [1.29, 1.82) is 0 Å². The van der Waals surface area contributed by atoms with Gasteiger partial charge in [0.25, 0.3) is 5.69 Å². The predicted octanol–water partition coefficient (Wildman–Crippen LogP) is 4.12. The molecule has 0 unspecified atom stereocenters. The first-order valence-corrected chi connectivity index (χ1v) is 10.4. The molecule has 0 radical (unpaired) electrons. The summed E-state index contributed by atoms with van der Waals surface area (Å²) in [6.07, 6.45) is 3.63. The van der Waals surface area contributed by atoms with Crippen LogP contribution in [0.2, 0.25) is 0 Å². The molecule has 1 aliphatic heterocycles. The summed E-state index contributed by atoms with van der Waals surface area (Å²) in [7, 11) is 1.87. The number of non-ortho nitro benzene ring substituents is 1. The van der Waals surface area contributed by atoms with Gasteiger partial charge in [0, 0.05) is 67.0 Å². The number of nitro groups is 1. The molecule has 3 heterocycles. The van der Waals surface area contributed by atoms with Gasteiger partial charge in [0.1, 0.15) is 0 Å². The minimum atomic E-state index is -0.386. The third kappa shape index (κ3) is 3.85. The molecule has 9 heteroatoms. The number of aromatic nitrogens is 3. The molecule has 0 atom stereocenters. The molecule has 1 saturated heterocycles. The van der Waals surface area contributed by atoms with E-state index < -0.39 is 0 Å². The summed E-state index contributed by atoms with van der Waals surface area (Å²) in [5, 5.41) is 15.3. The molecule has 0 bridgehead atoms. The highest BCUT2D eigenvalue weighted by Gasteiger charge is 2.15. The average molecular weight is 430 g/mol. The van der Waals surface area contributed by atoms with Crippen LogP contribution < -0.4 is 10.2 Å². The van der Waals surface area contributed by atoms with Gasteiger partial charge in [0.2, 0.25) is 5.95 Å². The lowest BCUT2D eigenvalue weighted by Crippen LogP contribution is -2.36. The van der Waals surface area contributed by atoms with Crippen LogP contribution in [0.15, 0.2) is 60.9 Å². The van der Waals surface area contributed by atoms with Crippen molar-refractivity contribution in [2.45, 2.75) is 0 Å². The van der Waals surface area contributed by atoms with Crippen molar-refractivity contribution in [3.05, 3.63) is 71.0 Å². The smallest absolute Gasteiger partial charge is 0.271 e. The Hall–Kier alpha value is -3.98. The average Bonchev–Trinajstić information content (AvgIpc) is 3.16. The molecule has 1 aliphatic rings. The van der Waals surface area contributed by atoms with E-state index in [2.05, 4.69) is 32.3 Å². The number of rotatable bonds is 5. The SMILES string of the molecule is Cn1cc(-c2ccnc(Nc3ccc(N4CCOCC4)cc3)n2)c2ccc([N+](=O)[O-])cc21. The van der Waals surface area contributed by atoms with E-state index in [9.17, 15) is 10.1 Å². The summed E-state index contributed by atoms with van der Waals surface area (Å²) in [5.74, 6) is 0.487. The number of benzene rings is 2. The Bertz CT molecular complexity index is 1280. The number of nitro benzene ring substituents is 1. The Kier molecular flexibility index (Phi) is 5.16. The zero-order chi connectivity index (χ0) is 22.1. The number of nitrogens with zero attached hydrogens (tertiary/aromatic N) is 5. The zero-order valence-electron chi connectivity index (χ0n) is 17.6. The topological polar surface area (TPSA) is 98.4 Å². The van der Waals surface area contributed by atoms with E-state index in [-0.39, 0.29) is 10.6 Å². The Labute approximate surface area is 184 Å². The number of morpholine rings is 1. The maximum absolute atomic E-state index is 11.1. The van der Waals surface area contributed by atoms with Crippen LogP contribution in [-0.4, -0.2) is 45.8 Å². The van der Waals surface area contributed by atoms with Gasteiger partial charge in [-0.2, -0.15) is 0 Å². The predicted molar refractivity (Wildman–Crippen MR) is 123 cm³/mol. The maximum atomic E-state index is 11.1. The van der Waals surface area contributed by atoms with Gasteiger partial charge in [0.15, 0.2) is 0 Å². The van der Waals surface area contributed by atoms with Crippen LogP contribution in [-0.2, 0) is 11.8 Å². The molecule has 4 aromatic rings. The second-order valence-corrected chi connectivity index (χ2v) is 7.65. The molecule has 0 saturated carbocycles. The van der Waals surface area contributed by atoms with Crippen LogP contribution >= 0.6 is 0 Å². The van der Waals surface area contributed by atoms with Crippen LogP contribution in [0, 0.1) is 10.1 Å². The fraction of sp³-hybridized carbons (Fsp3) is 0.217. The van der Waals surface area contributed by atoms with E-state index in [0.717, 1.165) is 54.2 Å². The van der Waals surface area contributed by atoms with Crippen LogP contribution in [0.3, 0.4) is 0 Å². The largest absolute Gasteiger partial charge is 0.378 e. The van der Waals surface area contributed by atoms with E-state index >= 15 is 0 Å². The van der Waals surface area contributed by atoms with Gasteiger partial charge in [-0.3, -0.25) is 10.1 Å². The summed E-state index contributed by atoms with van der Waals surface area (Å²) < 4.78 is 7.29. The van der Waals surface area contributed by atoms with Gasteiger partial charge in [-0.25, -0.2) is 9.97 Å². The van der Waals surface area contributed by atoms with Crippen molar-refractivity contribution in [3.8, 4) is 11.3 Å².